The van der Waals surface area contributed by atoms with Gasteiger partial charge in [-0.15, -0.1) is 11.8 Å². The van der Waals surface area contributed by atoms with Crippen molar-refractivity contribution < 1.29 is 4.79 Å². The van der Waals surface area contributed by atoms with Crippen molar-refractivity contribution in [3.8, 4) is 11.8 Å². The van der Waals surface area contributed by atoms with Gasteiger partial charge in [-0.25, -0.2) is 0 Å². The number of para-hydroxylation sites is 1. The maximum atomic E-state index is 12.9. The predicted molar refractivity (Wildman–Crippen MR) is 109 cm³/mol. The molecule has 0 heterocycles. The molecule has 3 aromatic carbocycles. The van der Waals surface area contributed by atoms with Crippen LogP contribution in [-0.4, -0.2) is 12.2 Å². The fraction of sp³-hybridized carbons (Fsp3) is 0.0870. The predicted octanol–water partition coefficient (Wildman–Crippen LogP) is 4.99. The van der Waals surface area contributed by atoms with Gasteiger partial charge in [0.1, 0.15) is 0 Å². The fourth-order valence-corrected chi connectivity index (χ4v) is 3.20. The number of hydrogen-bond donors (Lipinski definition) is 0. The van der Waals surface area contributed by atoms with Gasteiger partial charge in [0.2, 0.25) is 0 Å². The third-order valence-corrected chi connectivity index (χ3v) is 4.68. The number of rotatable bonds is 4. The van der Waals surface area contributed by atoms with Gasteiger partial charge in [-0.1, -0.05) is 66.6 Å². The van der Waals surface area contributed by atoms with E-state index in [0.717, 1.165) is 21.7 Å². The van der Waals surface area contributed by atoms with Crippen molar-refractivity contribution in [1.29, 1.82) is 0 Å². The summed E-state index contributed by atoms with van der Waals surface area (Å²) >= 11 is 1.62. The Hall–Kier alpha value is -2.96. The Morgan fingerprint density at radius 2 is 1.50 bits per heavy atom. The van der Waals surface area contributed by atoms with Crippen LogP contribution >= 0.6 is 11.8 Å². The first-order chi connectivity index (χ1) is 12.8. The minimum absolute atomic E-state index is 0.209. The van der Waals surface area contributed by atoms with Crippen LogP contribution in [0.3, 0.4) is 0 Å². The van der Waals surface area contributed by atoms with Crippen molar-refractivity contribution in [2.75, 3.05) is 11.2 Å². The summed E-state index contributed by atoms with van der Waals surface area (Å²) in [5.41, 5.74) is 2.79. The highest BCUT2D eigenvalue weighted by atomic mass is 32.2. The average molecular weight is 357 g/mol. The minimum Gasteiger partial charge on any atom is -0.296 e. The number of carbonyl (C=O) groups is 1. The number of thioether (sulfide) groups is 1. The standard InChI is InChI=1S/C23H19NOS/c1-26-22-15-9-8-14-21(22)24(18-20-12-6-3-7-13-20)23(25)17-16-19-10-4-2-5-11-19/h2-15H,18H2,1H3. The first-order valence-electron chi connectivity index (χ1n) is 8.33. The normalized spacial score (nSPS) is 9.88. The topological polar surface area (TPSA) is 20.3 Å². The molecule has 3 rings (SSSR count). The zero-order valence-electron chi connectivity index (χ0n) is 14.6. The second kappa shape index (κ2) is 8.94. The number of nitrogens with zero attached hydrogens (tertiary/aromatic N) is 1. The quantitative estimate of drug-likeness (QED) is 0.484. The van der Waals surface area contributed by atoms with Gasteiger partial charge in [-0.3, -0.25) is 9.69 Å². The third kappa shape index (κ3) is 4.56. The SMILES string of the molecule is CSc1ccccc1N(Cc1ccccc1)C(=O)C#Cc1ccccc1. The molecule has 0 saturated heterocycles. The number of hydrogen-bond acceptors (Lipinski definition) is 2. The van der Waals surface area contributed by atoms with E-state index in [0.29, 0.717) is 6.54 Å². The molecular weight excluding hydrogens is 338 g/mol. The van der Waals surface area contributed by atoms with Crippen LogP contribution in [0.2, 0.25) is 0 Å². The van der Waals surface area contributed by atoms with Gasteiger partial charge in [0.25, 0.3) is 0 Å². The molecule has 128 valence electrons. The van der Waals surface area contributed by atoms with Crippen LogP contribution < -0.4 is 4.90 Å². The lowest BCUT2D eigenvalue weighted by atomic mass is 10.2. The van der Waals surface area contributed by atoms with Crippen LogP contribution in [0.4, 0.5) is 5.69 Å². The highest BCUT2D eigenvalue weighted by molar-refractivity contribution is 7.98. The monoisotopic (exact) mass is 357 g/mol. The maximum Gasteiger partial charge on any atom is 0.303 e. The largest absolute Gasteiger partial charge is 0.303 e. The van der Waals surface area contributed by atoms with Crippen molar-refractivity contribution in [2.24, 2.45) is 0 Å². The first-order valence-corrected chi connectivity index (χ1v) is 9.56. The lowest BCUT2D eigenvalue weighted by molar-refractivity contribution is -0.113. The van der Waals surface area contributed by atoms with Crippen LogP contribution in [0.25, 0.3) is 0 Å². The van der Waals surface area contributed by atoms with E-state index in [9.17, 15) is 4.79 Å². The Labute approximate surface area is 158 Å². The Balaban J connectivity index is 1.95. The summed E-state index contributed by atoms with van der Waals surface area (Å²) in [6.45, 7) is 0.487. The molecule has 0 atom stereocenters. The second-order valence-corrected chi connectivity index (χ2v) is 6.51. The van der Waals surface area contributed by atoms with Gasteiger partial charge in [-0.2, -0.15) is 0 Å². The lowest BCUT2D eigenvalue weighted by Crippen LogP contribution is -2.29. The van der Waals surface area contributed by atoms with E-state index < -0.39 is 0 Å². The number of amides is 1. The van der Waals surface area contributed by atoms with Crippen LogP contribution in [0.15, 0.2) is 89.8 Å². The zero-order valence-corrected chi connectivity index (χ0v) is 15.4. The summed E-state index contributed by atoms with van der Waals surface area (Å²) in [5, 5.41) is 0. The molecule has 26 heavy (non-hydrogen) atoms. The number of anilines is 1. The van der Waals surface area contributed by atoms with Crippen molar-refractivity contribution in [1.82, 2.24) is 0 Å². The number of carbonyl (C=O) groups excluding carboxylic acids is 1. The lowest BCUT2D eigenvalue weighted by Gasteiger charge is -2.22. The van der Waals surface area contributed by atoms with Gasteiger partial charge in [0.05, 0.1) is 12.2 Å². The molecule has 0 N–H and O–H groups in total. The second-order valence-electron chi connectivity index (χ2n) is 5.66. The van der Waals surface area contributed by atoms with E-state index in [2.05, 4.69) is 11.8 Å². The Morgan fingerprint density at radius 3 is 2.19 bits per heavy atom. The average Bonchev–Trinajstić information content (AvgIpc) is 2.72. The van der Waals surface area contributed by atoms with E-state index in [1.165, 1.54) is 0 Å². The van der Waals surface area contributed by atoms with Crippen LogP contribution in [-0.2, 0) is 11.3 Å². The van der Waals surface area contributed by atoms with E-state index in [1.807, 2.05) is 91.2 Å². The summed E-state index contributed by atoms with van der Waals surface area (Å²) in [7, 11) is 0. The van der Waals surface area contributed by atoms with E-state index >= 15 is 0 Å². The van der Waals surface area contributed by atoms with Crippen LogP contribution in [0.1, 0.15) is 11.1 Å². The minimum atomic E-state index is -0.209. The molecular formula is C23H19NOS. The summed E-state index contributed by atoms with van der Waals surface area (Å²) in [5.74, 6) is 5.56. The Bertz CT molecular complexity index is 926. The zero-order chi connectivity index (χ0) is 18.2. The van der Waals surface area contributed by atoms with Crippen molar-refractivity contribution in [3.63, 3.8) is 0 Å². The smallest absolute Gasteiger partial charge is 0.296 e. The van der Waals surface area contributed by atoms with Gasteiger partial charge in [0.15, 0.2) is 0 Å². The maximum absolute atomic E-state index is 12.9. The Kier molecular flexibility index (Phi) is 6.14. The highest BCUT2D eigenvalue weighted by Gasteiger charge is 2.17. The number of benzene rings is 3. The van der Waals surface area contributed by atoms with Crippen LogP contribution in [0, 0.1) is 11.8 Å². The van der Waals surface area contributed by atoms with Gasteiger partial charge in [0, 0.05) is 16.4 Å². The molecule has 0 aliphatic heterocycles. The molecule has 1 amide bonds. The molecule has 0 spiro atoms. The molecule has 0 unspecified atom stereocenters. The summed E-state index contributed by atoms with van der Waals surface area (Å²) in [6.07, 6.45) is 2.01. The van der Waals surface area contributed by atoms with E-state index in [4.69, 9.17) is 0 Å². The van der Waals surface area contributed by atoms with Gasteiger partial charge < -0.3 is 0 Å². The molecule has 0 radical (unpaired) electrons. The van der Waals surface area contributed by atoms with E-state index in [-0.39, 0.29) is 5.91 Å². The first kappa shape index (κ1) is 17.8. The molecule has 2 nitrogen and oxygen atoms in total. The highest BCUT2D eigenvalue weighted by Crippen LogP contribution is 2.29. The van der Waals surface area contributed by atoms with Gasteiger partial charge in [-0.05, 0) is 36.1 Å². The van der Waals surface area contributed by atoms with Crippen molar-refractivity contribution >= 4 is 23.4 Å². The summed E-state index contributed by atoms with van der Waals surface area (Å²) in [6, 6.07) is 27.5. The summed E-state index contributed by atoms with van der Waals surface area (Å²) in [4.78, 5) is 15.7. The Morgan fingerprint density at radius 1 is 0.885 bits per heavy atom. The third-order valence-electron chi connectivity index (χ3n) is 3.89. The fourth-order valence-electron chi connectivity index (χ4n) is 2.60. The molecule has 0 aliphatic rings. The molecule has 0 aliphatic carbocycles. The molecule has 3 heteroatoms. The molecule has 0 saturated carbocycles. The van der Waals surface area contributed by atoms with Gasteiger partial charge >= 0.3 is 5.91 Å². The molecule has 0 bridgehead atoms. The van der Waals surface area contributed by atoms with E-state index in [1.54, 1.807) is 16.7 Å². The molecule has 0 fully saturated rings. The molecule has 0 aromatic heterocycles. The summed E-state index contributed by atoms with van der Waals surface area (Å²) < 4.78 is 0. The van der Waals surface area contributed by atoms with Crippen LogP contribution in [0.5, 0.6) is 0 Å². The molecule has 3 aromatic rings. The van der Waals surface area contributed by atoms with Crippen molar-refractivity contribution in [2.45, 2.75) is 11.4 Å². The van der Waals surface area contributed by atoms with Crippen molar-refractivity contribution in [3.05, 3.63) is 96.1 Å².